The molecule has 472 valence electrons. The monoisotopic (exact) mass is 1280 g/mol. The Labute approximate surface area is 535 Å². The maximum atomic E-state index is 14.7. The fourth-order valence-corrected chi connectivity index (χ4v) is 11.4. The van der Waals surface area contributed by atoms with Gasteiger partial charge in [0.1, 0.15) is 47.0 Å². The van der Waals surface area contributed by atoms with Crippen molar-refractivity contribution in [1.29, 1.82) is 0 Å². The normalized spacial score (nSPS) is 25.1. The first-order valence-electron chi connectivity index (χ1n) is 27.9. The van der Waals surface area contributed by atoms with E-state index in [0.717, 1.165) is 69.3 Å². The summed E-state index contributed by atoms with van der Waals surface area (Å²) in [5.41, 5.74) is 7.05. The number of fused-ring (bicyclic) bond motifs is 2. The second-order valence-corrected chi connectivity index (χ2v) is 22.9. The van der Waals surface area contributed by atoms with Gasteiger partial charge in [0.25, 0.3) is 18.2 Å². The van der Waals surface area contributed by atoms with E-state index in [0.29, 0.717) is 12.2 Å². The molecule has 32 heteroatoms. The number of nitrogens with zero attached hydrogens (tertiary/aromatic N) is 3. The zero-order valence-electron chi connectivity index (χ0n) is 48.4. The Kier molecular flexibility index (Phi) is 26.3. The molecule has 0 spiro atoms. The van der Waals surface area contributed by atoms with Crippen molar-refractivity contribution in [1.82, 2.24) is 41.4 Å². The standard InChI is InChI=1S/C56H71N9O20S2.Na/c1-4-5-6-17-82-35-14-12-32(13-15-35)54-59-24-42(86-54)30-8-10-31(11-9-30)49(74)60-36-20-33(67)23-58-53(78)47-48(73)27(2)25-65(47)56(80)46(40(71)22-43(57)72)63-52(77)45(39(70)18-29-7-16-38(69)41(19-29)83-87-85-84-81)62-51(76)37-21-34(68)26-64(37)55(79)44(28(3)66)61-50(36)75;/h7-16,19,24,27-28,33-34,36-37,39-40,44-48,66-71,73,81H,4-6,17-18,20-23,25-26H2,1-3H3,(H2,57,72)(H,58,78)(H,60,74)(H,61,75)(H,62,76)(H,63,77);/q;+1/p-1/t27?,28?,33?,34?,36-,37?,39?,40?,44?,45?,46?,47?,48?;/m0./s1. The summed E-state index contributed by atoms with van der Waals surface area (Å²) in [5.74, 6) is -10.4. The molecule has 3 aromatic carbocycles. The summed E-state index contributed by atoms with van der Waals surface area (Å²) in [6.45, 7) is 3.60. The van der Waals surface area contributed by atoms with E-state index in [1.54, 1.807) is 18.3 Å². The average Bonchev–Trinajstić information content (AvgIpc) is 2.32. The Morgan fingerprint density at radius 1 is 0.830 bits per heavy atom. The average molecular weight is 1280 g/mol. The van der Waals surface area contributed by atoms with Gasteiger partial charge in [0.2, 0.25) is 41.4 Å². The van der Waals surface area contributed by atoms with Crippen molar-refractivity contribution in [3.8, 4) is 38.3 Å². The van der Waals surface area contributed by atoms with Gasteiger partial charge in [-0.25, -0.2) is 4.98 Å². The maximum absolute atomic E-state index is 14.7. The molecular formula is C56H70N9NaO20S2. The summed E-state index contributed by atoms with van der Waals surface area (Å²) >= 11 is 1.39. The van der Waals surface area contributed by atoms with Crippen LogP contribution >= 0.6 is 23.7 Å². The van der Waals surface area contributed by atoms with Gasteiger partial charge in [-0.2, -0.15) is 0 Å². The van der Waals surface area contributed by atoms with E-state index in [1.165, 1.54) is 36.5 Å². The largest absolute Gasteiger partial charge is 1.00 e. The molecule has 3 aliphatic rings. The Morgan fingerprint density at radius 3 is 2.17 bits per heavy atom. The predicted molar refractivity (Wildman–Crippen MR) is 305 cm³/mol. The molecule has 7 rings (SSSR count). The third kappa shape index (κ3) is 18.3. The van der Waals surface area contributed by atoms with Crippen molar-refractivity contribution >= 4 is 70.9 Å². The number of aliphatic hydroxyl groups is 6. The second-order valence-electron chi connectivity index (χ2n) is 21.4. The third-order valence-corrected chi connectivity index (χ3v) is 16.3. The molecule has 13 atom stereocenters. The SMILES string of the molecule is CCCCCOc1ccc(-c2ncc(-c3ccc(C(=O)N[C@H]4CC(O)CNC(=O)C5C(O)C(C)CN5C(=O)C(C(O)CC(N)=O)NC(=O)C(C(O)Cc5ccc(O)c(OSOO[O-])c5)NC(=O)C5CC(O)CN5C(=O)C(C(C)O)NC4=O)cc3)s2)cc1.[Na+]. The van der Waals surface area contributed by atoms with Crippen molar-refractivity contribution in [2.45, 2.75) is 139 Å². The predicted octanol–water partition coefficient (Wildman–Crippen LogP) is -5.25. The van der Waals surface area contributed by atoms with E-state index in [4.69, 9.17) is 14.7 Å². The molecule has 0 bridgehead atoms. The van der Waals surface area contributed by atoms with Crippen LogP contribution in [-0.4, -0.2) is 197 Å². The van der Waals surface area contributed by atoms with Crippen LogP contribution in [0.1, 0.15) is 75.2 Å². The summed E-state index contributed by atoms with van der Waals surface area (Å²) in [4.78, 5) is 120. The first-order chi connectivity index (χ1) is 41.5. The molecule has 12 unspecified atom stereocenters. The van der Waals surface area contributed by atoms with Crippen LogP contribution in [-0.2, 0) is 49.4 Å². The van der Waals surface area contributed by atoms with Crippen LogP contribution in [0.3, 0.4) is 0 Å². The summed E-state index contributed by atoms with van der Waals surface area (Å²) in [6.07, 6.45) is -8.84. The summed E-state index contributed by atoms with van der Waals surface area (Å²) in [6, 6.07) is 5.58. The van der Waals surface area contributed by atoms with Gasteiger partial charge < -0.3 is 92.0 Å². The zero-order valence-corrected chi connectivity index (χ0v) is 52.0. The number of aromatic nitrogens is 1. The molecule has 4 heterocycles. The Morgan fingerprint density at radius 2 is 1.50 bits per heavy atom. The molecule has 8 amide bonds. The molecule has 88 heavy (non-hydrogen) atoms. The van der Waals surface area contributed by atoms with Gasteiger partial charge in [0.05, 0.1) is 54.5 Å². The number of benzene rings is 3. The third-order valence-electron chi connectivity index (χ3n) is 14.9. The first kappa shape index (κ1) is 70.5. The fraction of sp³-hybridized carbons (Fsp3) is 0.482. The van der Waals surface area contributed by atoms with E-state index in [9.17, 15) is 79.4 Å². The summed E-state index contributed by atoms with van der Waals surface area (Å²) in [7, 11) is 0. The molecule has 0 aliphatic carbocycles. The van der Waals surface area contributed by atoms with E-state index in [2.05, 4.69) is 47.9 Å². The number of hydrogen-bond donors (Lipinski definition) is 13. The molecule has 1 aromatic heterocycles. The fourth-order valence-electron chi connectivity index (χ4n) is 10.2. The molecule has 29 nitrogen and oxygen atoms in total. The van der Waals surface area contributed by atoms with Crippen molar-refractivity contribution in [2.75, 3.05) is 26.2 Å². The number of hydrogen-bond acceptors (Lipinski definition) is 23. The van der Waals surface area contributed by atoms with Gasteiger partial charge in [-0.1, -0.05) is 44.9 Å². The van der Waals surface area contributed by atoms with Crippen molar-refractivity contribution in [3.63, 3.8) is 0 Å². The van der Waals surface area contributed by atoms with Gasteiger partial charge in [0.15, 0.2) is 11.5 Å². The number of carbonyl (C=O) groups is 8. The number of unbranched alkanes of at least 4 members (excludes halogenated alkanes) is 2. The van der Waals surface area contributed by atoms with Crippen LogP contribution in [0.5, 0.6) is 17.2 Å². The van der Waals surface area contributed by atoms with Gasteiger partial charge in [-0.15, -0.1) is 15.7 Å². The number of phenolic OH excluding ortho intramolecular Hbond substituents is 1. The number of aliphatic hydroxyl groups excluding tert-OH is 6. The van der Waals surface area contributed by atoms with Crippen LogP contribution in [0, 0.1) is 5.92 Å². The number of aromatic hydroxyl groups is 1. The number of primary amides is 1. The molecule has 14 N–H and O–H groups in total. The Hall–Kier alpha value is -6.56. The Bertz CT molecular complexity index is 3080. The van der Waals surface area contributed by atoms with Gasteiger partial charge >= 0.3 is 29.6 Å². The molecule has 3 fully saturated rings. The van der Waals surface area contributed by atoms with Gasteiger partial charge in [-0.3, -0.25) is 43.4 Å². The first-order valence-corrected chi connectivity index (χ1v) is 29.3. The number of amides is 8. The number of β-amino-alcohol motifs (C(OH)–C–C–N with tert-alkyl or cyclic N) is 1. The van der Waals surface area contributed by atoms with Crippen LogP contribution in [0.25, 0.3) is 21.0 Å². The number of ether oxygens (including phenoxy) is 1. The van der Waals surface area contributed by atoms with Crippen LogP contribution in [0.4, 0.5) is 0 Å². The van der Waals surface area contributed by atoms with E-state index in [1.807, 2.05) is 24.3 Å². The van der Waals surface area contributed by atoms with E-state index < -0.39 is 177 Å². The van der Waals surface area contributed by atoms with Gasteiger partial charge in [-0.05, 0) is 73.0 Å². The molecule has 0 radical (unpaired) electrons. The molecule has 4 aromatic rings. The van der Waals surface area contributed by atoms with Gasteiger partial charge in [0, 0.05) is 62.1 Å². The van der Waals surface area contributed by atoms with E-state index in [-0.39, 0.29) is 58.8 Å². The molecular weight excluding hydrogens is 1210 g/mol. The Balaban J connectivity index is 0.0000124. The zero-order chi connectivity index (χ0) is 63.2. The summed E-state index contributed by atoms with van der Waals surface area (Å²) in [5, 5.41) is 105. The minimum Gasteiger partial charge on any atom is -0.691 e. The molecule has 0 saturated carbocycles. The molecule has 3 aliphatic heterocycles. The smallest absolute Gasteiger partial charge is 0.691 e. The minimum atomic E-state index is -2.22. The van der Waals surface area contributed by atoms with Crippen LogP contribution < -0.4 is 76.1 Å². The number of thiazole rings is 1. The van der Waals surface area contributed by atoms with Crippen molar-refractivity contribution in [2.24, 2.45) is 11.7 Å². The van der Waals surface area contributed by atoms with Crippen LogP contribution in [0.2, 0.25) is 0 Å². The minimum absolute atomic E-state index is 0. The number of nitrogens with two attached hydrogens (primary N) is 1. The van der Waals surface area contributed by atoms with Crippen molar-refractivity contribution in [3.05, 3.63) is 84.1 Å². The number of nitrogens with one attached hydrogen (secondary N) is 5. The number of carbonyl (C=O) groups excluding carboxylic acids is 8. The number of phenols is 1. The quantitative estimate of drug-likeness (QED) is 0.0129. The maximum Gasteiger partial charge on any atom is 1.00 e. The topological polar surface area (TPSA) is 444 Å². The second kappa shape index (κ2) is 32.8. The van der Waals surface area contributed by atoms with Crippen molar-refractivity contribution < 1.29 is 127 Å². The van der Waals surface area contributed by atoms with Crippen LogP contribution in [0.15, 0.2) is 72.9 Å². The summed E-state index contributed by atoms with van der Waals surface area (Å²) < 4.78 is 15.0. The van der Waals surface area contributed by atoms with E-state index >= 15 is 0 Å². The number of rotatable bonds is 20. The molecule has 3 saturated heterocycles.